The second kappa shape index (κ2) is 5.44. The first-order chi connectivity index (χ1) is 8.48. The van der Waals surface area contributed by atoms with Gasteiger partial charge in [0.15, 0.2) is 0 Å². The summed E-state index contributed by atoms with van der Waals surface area (Å²) in [5.74, 6) is 0.576. The maximum atomic E-state index is 12.5. The van der Waals surface area contributed by atoms with Crippen LogP contribution >= 0.6 is 15.9 Å². The second-order valence-corrected chi connectivity index (χ2v) is 4.97. The van der Waals surface area contributed by atoms with Crippen molar-refractivity contribution in [3.63, 3.8) is 0 Å². The number of hydrogen-bond donors (Lipinski definition) is 1. The number of aromatic nitrogens is 1. The molecule has 2 heterocycles. The van der Waals surface area contributed by atoms with Crippen LogP contribution in [0.2, 0.25) is 0 Å². The molecule has 0 spiro atoms. The Kier molecular flexibility index (Phi) is 4.11. The fraction of sp³-hybridized carbons (Fsp3) is 0.545. The Morgan fingerprint density at radius 3 is 2.72 bits per heavy atom. The molecule has 100 valence electrons. The fourth-order valence-electron chi connectivity index (χ4n) is 1.88. The third-order valence-corrected chi connectivity index (χ3v) is 3.37. The average Bonchev–Trinajstić information content (AvgIpc) is 2.56. The minimum absolute atomic E-state index is 0.388. The summed E-state index contributed by atoms with van der Waals surface area (Å²) >= 11 is 3.18. The number of pyridine rings is 1. The molecule has 1 aliphatic heterocycles. The van der Waals surface area contributed by atoms with E-state index in [-0.39, 0.29) is 0 Å². The first kappa shape index (κ1) is 13.6. The van der Waals surface area contributed by atoms with Crippen LogP contribution in [0.4, 0.5) is 19.0 Å². The van der Waals surface area contributed by atoms with Crippen LogP contribution in [0.5, 0.6) is 0 Å². The number of halogens is 4. The maximum Gasteiger partial charge on any atom is 0.417 e. The summed E-state index contributed by atoms with van der Waals surface area (Å²) in [7, 11) is 0. The van der Waals surface area contributed by atoms with Crippen molar-refractivity contribution in [1.82, 2.24) is 10.3 Å². The highest BCUT2D eigenvalue weighted by Gasteiger charge is 2.32. The summed E-state index contributed by atoms with van der Waals surface area (Å²) in [6.07, 6.45) is -2.51. The number of alkyl halides is 3. The van der Waals surface area contributed by atoms with E-state index >= 15 is 0 Å². The van der Waals surface area contributed by atoms with Crippen LogP contribution in [0.25, 0.3) is 0 Å². The summed E-state index contributed by atoms with van der Waals surface area (Å²) < 4.78 is 38.0. The zero-order valence-corrected chi connectivity index (χ0v) is 11.2. The van der Waals surface area contributed by atoms with E-state index in [0.29, 0.717) is 10.3 Å². The van der Waals surface area contributed by atoms with Crippen molar-refractivity contribution in [2.24, 2.45) is 0 Å². The van der Waals surface area contributed by atoms with Crippen molar-refractivity contribution >= 4 is 21.7 Å². The molecule has 0 atom stereocenters. The number of anilines is 1. The third-order valence-electron chi connectivity index (χ3n) is 2.79. The van der Waals surface area contributed by atoms with Gasteiger partial charge in [0.05, 0.1) is 10.0 Å². The smallest absolute Gasteiger partial charge is 0.354 e. The normalized spacial score (nSPS) is 17.7. The van der Waals surface area contributed by atoms with Crippen LogP contribution in [0.3, 0.4) is 0 Å². The first-order valence-corrected chi connectivity index (χ1v) is 6.46. The van der Waals surface area contributed by atoms with E-state index < -0.39 is 11.7 Å². The van der Waals surface area contributed by atoms with Crippen LogP contribution in [-0.4, -0.2) is 31.2 Å². The molecule has 0 aromatic carbocycles. The summed E-state index contributed by atoms with van der Waals surface area (Å²) in [6.45, 7) is 3.28. The Hall–Kier alpha value is -0.820. The van der Waals surface area contributed by atoms with Crippen LogP contribution in [0.15, 0.2) is 16.7 Å². The zero-order valence-electron chi connectivity index (χ0n) is 9.60. The lowest BCUT2D eigenvalue weighted by Gasteiger charge is -2.22. The molecule has 0 unspecified atom stereocenters. The summed E-state index contributed by atoms with van der Waals surface area (Å²) in [6, 6.07) is 1.08. The summed E-state index contributed by atoms with van der Waals surface area (Å²) in [4.78, 5) is 5.93. The van der Waals surface area contributed by atoms with Crippen molar-refractivity contribution in [3.05, 3.63) is 22.3 Å². The maximum absolute atomic E-state index is 12.5. The molecule has 1 fully saturated rings. The summed E-state index contributed by atoms with van der Waals surface area (Å²) in [5.41, 5.74) is -0.730. The van der Waals surface area contributed by atoms with Gasteiger partial charge in [-0.1, -0.05) is 0 Å². The quantitative estimate of drug-likeness (QED) is 0.861. The van der Waals surface area contributed by atoms with Gasteiger partial charge in [0, 0.05) is 25.8 Å². The molecule has 0 saturated carbocycles. The number of nitrogens with one attached hydrogen (secondary N) is 1. The Bertz CT molecular complexity index is 414. The van der Waals surface area contributed by atoms with Crippen LogP contribution in [-0.2, 0) is 6.18 Å². The Balaban J connectivity index is 2.23. The molecule has 3 nitrogen and oxygen atoms in total. The molecule has 1 aliphatic rings. The van der Waals surface area contributed by atoms with E-state index in [2.05, 4.69) is 26.2 Å². The topological polar surface area (TPSA) is 28.2 Å². The van der Waals surface area contributed by atoms with Gasteiger partial charge in [0.25, 0.3) is 0 Å². The standard InChI is InChI=1S/C11H13BrF3N3/c12-9-6-8(11(13,14)15)7-17-10(9)18-4-1-2-16-3-5-18/h6-7,16H,1-5H2. The lowest BCUT2D eigenvalue weighted by Crippen LogP contribution is -2.29. The van der Waals surface area contributed by atoms with Crippen molar-refractivity contribution in [3.8, 4) is 0 Å². The molecule has 0 bridgehead atoms. The summed E-state index contributed by atoms with van der Waals surface area (Å²) in [5, 5.41) is 3.24. The lowest BCUT2D eigenvalue weighted by molar-refractivity contribution is -0.137. The van der Waals surface area contributed by atoms with Crippen molar-refractivity contribution in [2.45, 2.75) is 12.6 Å². The largest absolute Gasteiger partial charge is 0.417 e. The van der Waals surface area contributed by atoms with Gasteiger partial charge in [0.2, 0.25) is 0 Å². The number of rotatable bonds is 1. The second-order valence-electron chi connectivity index (χ2n) is 4.12. The fourth-order valence-corrected chi connectivity index (χ4v) is 2.48. The van der Waals surface area contributed by atoms with Crippen LogP contribution < -0.4 is 10.2 Å². The predicted molar refractivity (Wildman–Crippen MR) is 66.6 cm³/mol. The molecule has 1 aromatic rings. The van der Waals surface area contributed by atoms with E-state index in [4.69, 9.17) is 0 Å². The molecule has 0 radical (unpaired) electrons. The predicted octanol–water partition coefficient (Wildman–Crippen LogP) is 2.66. The number of hydrogen-bond acceptors (Lipinski definition) is 3. The van der Waals surface area contributed by atoms with Gasteiger partial charge in [-0.2, -0.15) is 13.2 Å². The van der Waals surface area contributed by atoms with Crippen LogP contribution in [0.1, 0.15) is 12.0 Å². The van der Waals surface area contributed by atoms with Gasteiger partial charge in [0.1, 0.15) is 5.82 Å². The molecular weight excluding hydrogens is 311 g/mol. The molecular formula is C11H13BrF3N3. The lowest BCUT2D eigenvalue weighted by atomic mass is 10.2. The molecule has 0 amide bonds. The molecule has 0 aliphatic carbocycles. The minimum Gasteiger partial charge on any atom is -0.354 e. The Labute approximate surface area is 112 Å². The van der Waals surface area contributed by atoms with Crippen molar-refractivity contribution in [2.75, 3.05) is 31.1 Å². The van der Waals surface area contributed by atoms with Crippen molar-refractivity contribution < 1.29 is 13.2 Å². The van der Waals surface area contributed by atoms with E-state index in [1.165, 1.54) is 0 Å². The molecule has 18 heavy (non-hydrogen) atoms. The molecule has 7 heteroatoms. The molecule has 1 aromatic heterocycles. The Morgan fingerprint density at radius 2 is 2.06 bits per heavy atom. The Morgan fingerprint density at radius 1 is 1.28 bits per heavy atom. The first-order valence-electron chi connectivity index (χ1n) is 5.67. The van der Waals surface area contributed by atoms with E-state index in [9.17, 15) is 13.2 Å². The van der Waals surface area contributed by atoms with E-state index in [0.717, 1.165) is 44.9 Å². The highest BCUT2D eigenvalue weighted by Crippen LogP contribution is 2.33. The molecule has 2 rings (SSSR count). The monoisotopic (exact) mass is 323 g/mol. The minimum atomic E-state index is -4.35. The highest BCUT2D eigenvalue weighted by molar-refractivity contribution is 9.10. The van der Waals surface area contributed by atoms with Gasteiger partial charge < -0.3 is 10.2 Å². The number of nitrogens with zero attached hydrogens (tertiary/aromatic N) is 2. The van der Waals surface area contributed by atoms with Gasteiger partial charge in [-0.3, -0.25) is 0 Å². The van der Waals surface area contributed by atoms with Gasteiger partial charge in [-0.15, -0.1) is 0 Å². The molecule has 1 N–H and O–H groups in total. The van der Waals surface area contributed by atoms with E-state index in [1.54, 1.807) is 0 Å². The van der Waals surface area contributed by atoms with E-state index in [1.807, 2.05) is 4.90 Å². The van der Waals surface area contributed by atoms with Gasteiger partial charge in [-0.05, 0) is 35.0 Å². The molecule has 1 saturated heterocycles. The van der Waals surface area contributed by atoms with Crippen molar-refractivity contribution in [1.29, 1.82) is 0 Å². The highest BCUT2D eigenvalue weighted by atomic mass is 79.9. The third kappa shape index (κ3) is 3.14. The van der Waals surface area contributed by atoms with Gasteiger partial charge >= 0.3 is 6.18 Å². The zero-order chi connectivity index (χ0) is 13.2. The average molecular weight is 324 g/mol. The van der Waals surface area contributed by atoms with Crippen LogP contribution in [0, 0.1) is 0 Å². The van der Waals surface area contributed by atoms with Gasteiger partial charge in [-0.25, -0.2) is 4.98 Å². The SMILES string of the molecule is FC(F)(F)c1cnc(N2CCCNCC2)c(Br)c1.